The van der Waals surface area contributed by atoms with E-state index in [1.54, 1.807) is 0 Å². The van der Waals surface area contributed by atoms with E-state index < -0.39 is 0 Å². The summed E-state index contributed by atoms with van der Waals surface area (Å²) in [7, 11) is 0. The summed E-state index contributed by atoms with van der Waals surface area (Å²) in [5.74, 6) is 0.424. The molecule has 0 saturated carbocycles. The summed E-state index contributed by atoms with van der Waals surface area (Å²) in [5.41, 5.74) is 6.77. The second-order valence-corrected chi connectivity index (χ2v) is 5.66. The lowest BCUT2D eigenvalue weighted by molar-refractivity contribution is 0.586. The summed E-state index contributed by atoms with van der Waals surface area (Å²) in [6, 6.07) is 17.4. The Balaban J connectivity index is 1.91. The second-order valence-electron chi connectivity index (χ2n) is 5.66. The van der Waals surface area contributed by atoms with Crippen LogP contribution in [0.25, 0.3) is 10.9 Å². The van der Waals surface area contributed by atoms with Crippen molar-refractivity contribution in [3.05, 3.63) is 70.9 Å². The third-order valence-electron chi connectivity index (χ3n) is 4.30. The van der Waals surface area contributed by atoms with Crippen molar-refractivity contribution in [3.63, 3.8) is 0 Å². The normalized spacial score (nSPS) is 18.1. The van der Waals surface area contributed by atoms with E-state index in [-0.39, 0.29) is 0 Å². The van der Waals surface area contributed by atoms with Crippen LogP contribution in [0.4, 0.5) is 0 Å². The van der Waals surface area contributed by atoms with Crippen molar-refractivity contribution in [2.24, 2.45) is 0 Å². The summed E-state index contributed by atoms with van der Waals surface area (Å²) in [6.07, 6.45) is 0. The lowest BCUT2D eigenvalue weighted by atomic mass is 9.90. The Kier molecular flexibility index (Phi) is 2.64. The van der Waals surface area contributed by atoms with Crippen LogP contribution >= 0.6 is 0 Å². The summed E-state index contributed by atoms with van der Waals surface area (Å²) in [5, 5.41) is 4.94. The lowest BCUT2D eigenvalue weighted by Gasteiger charge is -2.24. The topological polar surface area (TPSA) is 27.8 Å². The maximum Gasteiger partial charge on any atom is 0.0459 e. The number of H-pyrrole nitrogens is 1. The molecular formula is C18H18N2. The first-order valence-electron chi connectivity index (χ1n) is 7.19. The number of hydrogen-bond donors (Lipinski definition) is 2. The van der Waals surface area contributed by atoms with Crippen molar-refractivity contribution in [1.82, 2.24) is 10.3 Å². The van der Waals surface area contributed by atoms with Crippen molar-refractivity contribution in [2.45, 2.75) is 19.4 Å². The number of fused-ring (bicyclic) bond motifs is 3. The Hall–Kier alpha value is -2.06. The van der Waals surface area contributed by atoms with Gasteiger partial charge in [0.25, 0.3) is 0 Å². The quantitative estimate of drug-likeness (QED) is 0.687. The van der Waals surface area contributed by atoms with Crippen LogP contribution in [-0.4, -0.2) is 11.5 Å². The highest BCUT2D eigenvalue weighted by Gasteiger charge is 2.25. The fourth-order valence-electron chi connectivity index (χ4n) is 3.28. The molecule has 2 aromatic carbocycles. The third kappa shape index (κ3) is 1.76. The predicted molar refractivity (Wildman–Crippen MR) is 83.0 cm³/mol. The van der Waals surface area contributed by atoms with Gasteiger partial charge in [0.15, 0.2) is 0 Å². The third-order valence-corrected chi connectivity index (χ3v) is 4.30. The van der Waals surface area contributed by atoms with Crippen LogP contribution in [0.15, 0.2) is 48.5 Å². The molecule has 2 N–H and O–H groups in total. The molecule has 2 heterocycles. The van der Waals surface area contributed by atoms with Gasteiger partial charge in [-0.2, -0.15) is 0 Å². The molecule has 1 aliphatic rings. The van der Waals surface area contributed by atoms with Crippen molar-refractivity contribution in [3.8, 4) is 0 Å². The van der Waals surface area contributed by atoms with Gasteiger partial charge in [-0.05, 0) is 30.2 Å². The number of aryl methyl sites for hydroxylation is 1. The molecule has 4 rings (SSSR count). The Bertz CT molecular complexity index is 756. The van der Waals surface area contributed by atoms with Gasteiger partial charge in [0.2, 0.25) is 0 Å². The molecule has 1 aromatic heterocycles. The van der Waals surface area contributed by atoms with Crippen LogP contribution in [0.1, 0.15) is 28.3 Å². The Morgan fingerprint density at radius 3 is 2.75 bits per heavy atom. The average Bonchev–Trinajstić information content (AvgIpc) is 2.86. The monoisotopic (exact) mass is 262 g/mol. The summed E-state index contributed by atoms with van der Waals surface area (Å²) < 4.78 is 0. The van der Waals surface area contributed by atoms with Crippen molar-refractivity contribution < 1.29 is 0 Å². The molecule has 0 fully saturated rings. The highest BCUT2D eigenvalue weighted by molar-refractivity contribution is 5.86. The maximum absolute atomic E-state index is 3.65. The van der Waals surface area contributed by atoms with Crippen LogP contribution in [0.2, 0.25) is 0 Å². The Morgan fingerprint density at radius 1 is 1.05 bits per heavy atom. The summed E-state index contributed by atoms with van der Waals surface area (Å²) in [6.45, 7) is 4.12. The smallest absolute Gasteiger partial charge is 0.0459 e. The minimum absolute atomic E-state index is 0.424. The molecule has 0 radical (unpaired) electrons. The standard InChI is InChI=1S/C18H18N2/c1-12-7-8-17-14(9-12)16-11-19-10-15(18(16)20-17)13-5-3-2-4-6-13/h2-9,15,19-20H,10-11H2,1H3. The van der Waals surface area contributed by atoms with Gasteiger partial charge in [0.1, 0.15) is 0 Å². The van der Waals surface area contributed by atoms with Gasteiger partial charge >= 0.3 is 0 Å². The first-order chi connectivity index (χ1) is 9.83. The van der Waals surface area contributed by atoms with Gasteiger partial charge in [-0.25, -0.2) is 0 Å². The van der Waals surface area contributed by atoms with Gasteiger partial charge in [0, 0.05) is 35.6 Å². The number of aromatic amines is 1. The van der Waals surface area contributed by atoms with Crippen LogP contribution in [0, 0.1) is 6.92 Å². The van der Waals surface area contributed by atoms with E-state index >= 15 is 0 Å². The number of rotatable bonds is 1. The molecule has 0 aliphatic carbocycles. The highest BCUT2D eigenvalue weighted by Crippen LogP contribution is 2.34. The lowest BCUT2D eigenvalue weighted by Crippen LogP contribution is -2.28. The largest absolute Gasteiger partial charge is 0.358 e. The van der Waals surface area contributed by atoms with Crippen LogP contribution in [0.3, 0.4) is 0 Å². The molecular weight excluding hydrogens is 244 g/mol. The van der Waals surface area contributed by atoms with Gasteiger partial charge in [0.05, 0.1) is 0 Å². The zero-order valence-corrected chi connectivity index (χ0v) is 11.6. The van der Waals surface area contributed by atoms with Crippen LogP contribution in [0.5, 0.6) is 0 Å². The summed E-state index contributed by atoms with van der Waals surface area (Å²) in [4.78, 5) is 3.65. The molecule has 0 saturated heterocycles. The molecule has 100 valence electrons. The van der Waals surface area contributed by atoms with E-state index in [0.717, 1.165) is 13.1 Å². The van der Waals surface area contributed by atoms with E-state index in [0.29, 0.717) is 5.92 Å². The molecule has 2 nitrogen and oxygen atoms in total. The molecule has 0 spiro atoms. The van der Waals surface area contributed by atoms with Crippen LogP contribution < -0.4 is 5.32 Å². The first-order valence-corrected chi connectivity index (χ1v) is 7.19. The molecule has 20 heavy (non-hydrogen) atoms. The van der Waals surface area contributed by atoms with Crippen molar-refractivity contribution in [2.75, 3.05) is 6.54 Å². The van der Waals surface area contributed by atoms with E-state index in [1.807, 2.05) is 0 Å². The maximum atomic E-state index is 3.65. The molecule has 2 heteroatoms. The Morgan fingerprint density at radius 2 is 1.90 bits per heavy atom. The number of hydrogen-bond acceptors (Lipinski definition) is 1. The number of nitrogens with one attached hydrogen (secondary N) is 2. The van der Waals surface area contributed by atoms with E-state index in [9.17, 15) is 0 Å². The minimum atomic E-state index is 0.424. The highest BCUT2D eigenvalue weighted by atomic mass is 14.9. The van der Waals surface area contributed by atoms with Gasteiger partial charge in [-0.3, -0.25) is 0 Å². The molecule has 0 bridgehead atoms. The van der Waals surface area contributed by atoms with E-state index in [1.165, 1.54) is 33.3 Å². The fraction of sp³-hybridized carbons (Fsp3) is 0.222. The zero-order chi connectivity index (χ0) is 13.5. The van der Waals surface area contributed by atoms with Gasteiger partial charge in [-0.15, -0.1) is 0 Å². The molecule has 1 unspecified atom stereocenters. The zero-order valence-electron chi connectivity index (χ0n) is 11.6. The van der Waals surface area contributed by atoms with Crippen molar-refractivity contribution >= 4 is 10.9 Å². The van der Waals surface area contributed by atoms with Crippen LogP contribution in [-0.2, 0) is 6.54 Å². The molecule has 1 atom stereocenters. The molecule has 1 aliphatic heterocycles. The van der Waals surface area contributed by atoms with Gasteiger partial charge in [-0.1, -0.05) is 42.0 Å². The first kappa shape index (κ1) is 11.7. The minimum Gasteiger partial charge on any atom is -0.358 e. The predicted octanol–water partition coefficient (Wildman–Crippen LogP) is 3.71. The number of benzene rings is 2. The van der Waals surface area contributed by atoms with Crippen molar-refractivity contribution in [1.29, 1.82) is 0 Å². The molecule has 0 amide bonds. The number of aromatic nitrogens is 1. The Labute approximate surface area is 118 Å². The fourth-order valence-corrected chi connectivity index (χ4v) is 3.28. The van der Waals surface area contributed by atoms with E-state index in [4.69, 9.17) is 0 Å². The molecule has 3 aromatic rings. The van der Waals surface area contributed by atoms with E-state index in [2.05, 4.69) is 65.8 Å². The SMILES string of the molecule is Cc1ccc2[nH]c3c(c2c1)CNCC3c1ccccc1. The summed E-state index contributed by atoms with van der Waals surface area (Å²) >= 11 is 0. The average molecular weight is 262 g/mol. The van der Waals surface area contributed by atoms with Gasteiger partial charge < -0.3 is 10.3 Å². The second kappa shape index (κ2) is 4.50.